The van der Waals surface area contributed by atoms with Crippen LogP contribution in [0.1, 0.15) is 21.7 Å². The van der Waals surface area contributed by atoms with Gasteiger partial charge in [-0.2, -0.15) is 0 Å². The lowest BCUT2D eigenvalue weighted by atomic mass is 10.1. The molecule has 3 aromatic rings. The first-order valence-corrected chi connectivity index (χ1v) is 10.3. The van der Waals surface area contributed by atoms with Crippen LogP contribution in [0.15, 0.2) is 70.2 Å². The Bertz CT molecular complexity index is 1080. The minimum atomic E-state index is -3.79. The van der Waals surface area contributed by atoms with Gasteiger partial charge < -0.3 is 9.73 Å². The summed E-state index contributed by atoms with van der Waals surface area (Å²) in [5.41, 5.74) is 1.49. The molecule has 8 heteroatoms. The van der Waals surface area contributed by atoms with Gasteiger partial charge in [0.05, 0.1) is 23.4 Å². The third-order valence-electron chi connectivity index (χ3n) is 4.29. The molecule has 0 unspecified atom stereocenters. The van der Waals surface area contributed by atoms with Crippen molar-refractivity contribution in [2.45, 2.75) is 18.4 Å². The third kappa shape index (κ3) is 4.21. The average Bonchev–Trinajstić information content (AvgIpc) is 3.20. The highest BCUT2D eigenvalue weighted by molar-refractivity contribution is 7.92. The number of halogens is 1. The van der Waals surface area contributed by atoms with Crippen LogP contribution in [0.25, 0.3) is 0 Å². The number of rotatable bonds is 6. The van der Waals surface area contributed by atoms with E-state index in [9.17, 15) is 13.2 Å². The van der Waals surface area contributed by atoms with Gasteiger partial charge in [0, 0.05) is 17.6 Å². The molecule has 0 spiro atoms. The van der Waals surface area contributed by atoms with Crippen LogP contribution in [0.5, 0.6) is 0 Å². The normalized spacial score (nSPS) is 11.2. The molecule has 3 rings (SSSR count). The smallest absolute Gasteiger partial charge is 0.264 e. The molecular formula is C20H19ClN2O4S. The van der Waals surface area contributed by atoms with E-state index in [2.05, 4.69) is 5.32 Å². The van der Waals surface area contributed by atoms with Crippen LogP contribution in [-0.4, -0.2) is 21.4 Å². The molecule has 28 heavy (non-hydrogen) atoms. The van der Waals surface area contributed by atoms with Crippen molar-refractivity contribution in [3.63, 3.8) is 0 Å². The lowest BCUT2D eigenvalue weighted by Gasteiger charge is -2.22. The molecular weight excluding hydrogens is 400 g/mol. The zero-order chi connectivity index (χ0) is 20.3. The maximum Gasteiger partial charge on any atom is 0.264 e. The van der Waals surface area contributed by atoms with Crippen molar-refractivity contribution in [2.75, 3.05) is 11.4 Å². The van der Waals surface area contributed by atoms with Crippen LogP contribution in [0.3, 0.4) is 0 Å². The van der Waals surface area contributed by atoms with E-state index in [-0.39, 0.29) is 17.3 Å². The highest BCUT2D eigenvalue weighted by Gasteiger charge is 2.23. The lowest BCUT2D eigenvalue weighted by molar-refractivity contribution is 0.0948. The fourth-order valence-electron chi connectivity index (χ4n) is 2.67. The summed E-state index contributed by atoms with van der Waals surface area (Å²) in [6, 6.07) is 14.4. The predicted molar refractivity (Wildman–Crippen MR) is 108 cm³/mol. The molecule has 0 aliphatic heterocycles. The van der Waals surface area contributed by atoms with Gasteiger partial charge in [0.1, 0.15) is 5.76 Å². The number of sulfonamides is 1. The molecule has 0 fully saturated rings. The van der Waals surface area contributed by atoms with Crippen LogP contribution in [0.4, 0.5) is 5.69 Å². The lowest BCUT2D eigenvalue weighted by Crippen LogP contribution is -2.28. The van der Waals surface area contributed by atoms with E-state index in [1.54, 1.807) is 37.3 Å². The molecule has 0 saturated carbocycles. The molecule has 146 valence electrons. The zero-order valence-corrected chi connectivity index (χ0v) is 16.9. The Morgan fingerprint density at radius 1 is 1.14 bits per heavy atom. The SMILES string of the molecule is Cc1ccc(C(=O)NCc2ccco2)cc1N(C)S(=O)(=O)c1ccc(Cl)cc1. The molecule has 2 aromatic carbocycles. The van der Waals surface area contributed by atoms with E-state index in [1.807, 2.05) is 0 Å². The van der Waals surface area contributed by atoms with Crippen LogP contribution < -0.4 is 9.62 Å². The number of benzene rings is 2. The molecule has 0 atom stereocenters. The number of hydrogen-bond acceptors (Lipinski definition) is 4. The fourth-order valence-corrected chi connectivity index (χ4v) is 4.04. The number of nitrogens with one attached hydrogen (secondary N) is 1. The van der Waals surface area contributed by atoms with Gasteiger partial charge in [-0.15, -0.1) is 0 Å². The van der Waals surface area contributed by atoms with Crippen molar-refractivity contribution in [3.8, 4) is 0 Å². The second kappa shape index (κ2) is 8.08. The summed E-state index contributed by atoms with van der Waals surface area (Å²) < 4.78 is 32.2. The molecule has 1 N–H and O–H groups in total. The Morgan fingerprint density at radius 3 is 2.50 bits per heavy atom. The minimum absolute atomic E-state index is 0.117. The van der Waals surface area contributed by atoms with E-state index < -0.39 is 10.0 Å². The van der Waals surface area contributed by atoms with Gasteiger partial charge in [-0.1, -0.05) is 17.7 Å². The van der Waals surface area contributed by atoms with Crippen LogP contribution in [-0.2, 0) is 16.6 Å². The van der Waals surface area contributed by atoms with E-state index >= 15 is 0 Å². The van der Waals surface area contributed by atoms with Gasteiger partial charge in [0.25, 0.3) is 15.9 Å². The number of aryl methyl sites for hydroxylation is 1. The first-order chi connectivity index (χ1) is 13.3. The van der Waals surface area contributed by atoms with Gasteiger partial charge in [-0.25, -0.2) is 8.42 Å². The van der Waals surface area contributed by atoms with Crippen molar-refractivity contribution in [1.29, 1.82) is 0 Å². The molecule has 0 saturated heterocycles. The van der Waals surface area contributed by atoms with Gasteiger partial charge in [-0.05, 0) is 61.0 Å². The summed E-state index contributed by atoms with van der Waals surface area (Å²) in [6.07, 6.45) is 1.53. The first-order valence-electron chi connectivity index (χ1n) is 8.45. The Labute approximate surface area is 168 Å². The molecule has 0 aliphatic rings. The Hall–Kier alpha value is -2.77. The molecule has 0 radical (unpaired) electrons. The fraction of sp³-hybridized carbons (Fsp3) is 0.150. The van der Waals surface area contributed by atoms with Crippen LogP contribution in [0, 0.1) is 6.92 Å². The monoisotopic (exact) mass is 418 g/mol. The van der Waals surface area contributed by atoms with E-state index in [0.29, 0.717) is 22.0 Å². The Kier molecular flexibility index (Phi) is 5.76. The molecule has 0 aliphatic carbocycles. The van der Waals surface area contributed by atoms with Crippen LogP contribution >= 0.6 is 11.6 Å². The number of carbonyl (C=O) groups is 1. The third-order valence-corrected chi connectivity index (χ3v) is 6.32. The van der Waals surface area contributed by atoms with E-state index in [1.165, 1.54) is 37.6 Å². The average molecular weight is 419 g/mol. The van der Waals surface area contributed by atoms with Gasteiger partial charge >= 0.3 is 0 Å². The number of furan rings is 1. The first kappa shape index (κ1) is 20.0. The van der Waals surface area contributed by atoms with Crippen molar-refractivity contribution >= 4 is 33.2 Å². The summed E-state index contributed by atoms with van der Waals surface area (Å²) in [4.78, 5) is 12.6. The second-order valence-electron chi connectivity index (χ2n) is 6.19. The minimum Gasteiger partial charge on any atom is -0.467 e. The summed E-state index contributed by atoms with van der Waals surface area (Å²) in [7, 11) is -2.34. The predicted octanol–water partition coefficient (Wildman–Crippen LogP) is 4.00. The van der Waals surface area contributed by atoms with E-state index in [4.69, 9.17) is 16.0 Å². The highest BCUT2D eigenvalue weighted by Crippen LogP contribution is 2.27. The van der Waals surface area contributed by atoms with Gasteiger partial charge in [0.15, 0.2) is 0 Å². The zero-order valence-electron chi connectivity index (χ0n) is 15.3. The Morgan fingerprint density at radius 2 is 1.86 bits per heavy atom. The largest absolute Gasteiger partial charge is 0.467 e. The number of anilines is 1. The maximum atomic E-state index is 12.9. The summed E-state index contributed by atoms with van der Waals surface area (Å²) >= 11 is 5.85. The van der Waals surface area contributed by atoms with Gasteiger partial charge in [-0.3, -0.25) is 9.10 Å². The highest BCUT2D eigenvalue weighted by atomic mass is 35.5. The molecule has 1 amide bonds. The number of nitrogens with zero attached hydrogens (tertiary/aromatic N) is 1. The van der Waals surface area contributed by atoms with Crippen LogP contribution in [0.2, 0.25) is 5.02 Å². The summed E-state index contributed by atoms with van der Waals surface area (Å²) in [6.45, 7) is 2.03. The quantitative estimate of drug-likeness (QED) is 0.656. The van der Waals surface area contributed by atoms with Crippen molar-refractivity contribution in [1.82, 2.24) is 5.32 Å². The molecule has 0 bridgehead atoms. The molecule has 1 heterocycles. The second-order valence-corrected chi connectivity index (χ2v) is 8.60. The summed E-state index contributed by atoms with van der Waals surface area (Å²) in [5, 5.41) is 3.20. The molecule has 6 nitrogen and oxygen atoms in total. The van der Waals surface area contributed by atoms with Crippen molar-refractivity contribution < 1.29 is 17.6 Å². The molecule has 1 aromatic heterocycles. The standard InChI is InChI=1S/C20H19ClN2O4S/c1-14-5-6-15(20(24)22-13-17-4-3-11-27-17)12-19(14)23(2)28(25,26)18-9-7-16(21)8-10-18/h3-12H,13H2,1-2H3,(H,22,24). The van der Waals surface area contributed by atoms with Crippen molar-refractivity contribution in [2.24, 2.45) is 0 Å². The maximum absolute atomic E-state index is 12.9. The van der Waals surface area contributed by atoms with Gasteiger partial charge in [0.2, 0.25) is 0 Å². The number of hydrogen-bond donors (Lipinski definition) is 1. The van der Waals surface area contributed by atoms with E-state index in [0.717, 1.165) is 9.87 Å². The topological polar surface area (TPSA) is 79.6 Å². The number of carbonyl (C=O) groups excluding carboxylic acids is 1. The summed E-state index contributed by atoms with van der Waals surface area (Å²) in [5.74, 6) is 0.304. The van der Waals surface area contributed by atoms with Crippen molar-refractivity contribution in [3.05, 3.63) is 82.8 Å². The Balaban J connectivity index is 1.85. The number of amides is 1.